The first kappa shape index (κ1) is 27.5. The van der Waals surface area contributed by atoms with Crippen LogP contribution in [0.2, 0.25) is 0 Å². The minimum absolute atomic E-state index is 0.00184. The quantitative estimate of drug-likeness (QED) is 0.0760. The molecule has 0 aromatic rings. The zero-order valence-electron chi connectivity index (χ0n) is 16.0. The number of oxime groups is 1. The van der Waals surface area contributed by atoms with E-state index in [1.54, 1.807) is 0 Å². The predicted octanol–water partition coefficient (Wildman–Crippen LogP) is -2.38. The Labute approximate surface area is 178 Å². The molecule has 16 heteroatoms. The van der Waals surface area contributed by atoms with Gasteiger partial charge in [0.2, 0.25) is 0 Å². The Morgan fingerprint density at radius 1 is 1.13 bits per heavy atom. The van der Waals surface area contributed by atoms with Crippen molar-refractivity contribution in [1.82, 2.24) is 0 Å². The molecule has 0 bridgehead atoms. The first-order valence-corrected chi connectivity index (χ1v) is 13.1. The molecule has 0 saturated carbocycles. The van der Waals surface area contributed by atoms with Crippen molar-refractivity contribution < 1.29 is 55.9 Å². The average molecular weight is 498 g/mol. The fourth-order valence-corrected chi connectivity index (χ4v) is 4.53. The standard InChI is InChI=1S/C14H27NO12S3/c1-29(21,22)6-2-3-8(17)4-5-10(15-27-30(23,24)25)28-14-13(20)12(19)11(18)9(7-16)26-14/h8-9,11-14,16-20H,2-7H2,1H3,(H,23,24,25)/b15-10+/t8-,9+,11+,12-,13-,14-/m1/s1. The molecule has 1 saturated heterocycles. The summed E-state index contributed by atoms with van der Waals surface area (Å²) in [6, 6.07) is 0. The van der Waals surface area contributed by atoms with E-state index in [9.17, 15) is 42.4 Å². The van der Waals surface area contributed by atoms with E-state index < -0.39 is 62.8 Å². The normalized spacial score (nSPS) is 29.6. The SMILES string of the molecule is CS(=O)(=O)CCC[C@@H](O)CC/C(=N\OS(=O)(=O)O)S[C@H]1O[C@@H](CO)[C@H](O)[C@@H](O)[C@H]1O. The van der Waals surface area contributed by atoms with Crippen LogP contribution in [0.15, 0.2) is 5.16 Å². The van der Waals surface area contributed by atoms with Crippen molar-refractivity contribution >= 4 is 37.0 Å². The summed E-state index contributed by atoms with van der Waals surface area (Å²) in [5.74, 6) is -0.115. The van der Waals surface area contributed by atoms with Crippen molar-refractivity contribution in [1.29, 1.82) is 0 Å². The maximum Gasteiger partial charge on any atom is 0.466 e. The minimum atomic E-state index is -4.94. The highest BCUT2D eigenvalue weighted by molar-refractivity contribution is 8.14. The van der Waals surface area contributed by atoms with E-state index in [4.69, 9.17) is 9.29 Å². The Morgan fingerprint density at radius 2 is 1.77 bits per heavy atom. The molecule has 13 nitrogen and oxygen atoms in total. The molecule has 0 amide bonds. The topological polar surface area (TPSA) is 220 Å². The van der Waals surface area contributed by atoms with Gasteiger partial charge < -0.3 is 30.3 Å². The number of hydrogen-bond acceptors (Lipinski definition) is 13. The van der Waals surface area contributed by atoms with Gasteiger partial charge >= 0.3 is 10.4 Å². The van der Waals surface area contributed by atoms with E-state index in [1.165, 1.54) is 0 Å². The lowest BCUT2D eigenvalue weighted by atomic mass is 10.0. The fraction of sp³-hybridized carbons (Fsp3) is 0.929. The van der Waals surface area contributed by atoms with E-state index >= 15 is 0 Å². The van der Waals surface area contributed by atoms with Crippen LogP contribution in [-0.2, 0) is 29.3 Å². The third kappa shape index (κ3) is 10.2. The van der Waals surface area contributed by atoms with Crippen molar-refractivity contribution in [3.8, 4) is 0 Å². The second kappa shape index (κ2) is 11.9. The van der Waals surface area contributed by atoms with Crippen LogP contribution in [-0.4, -0.2) is 107 Å². The third-order valence-electron chi connectivity index (χ3n) is 4.08. The van der Waals surface area contributed by atoms with Crippen LogP contribution in [0.5, 0.6) is 0 Å². The lowest BCUT2D eigenvalue weighted by Gasteiger charge is -2.39. The van der Waals surface area contributed by atoms with Gasteiger partial charge in [-0.2, -0.15) is 8.42 Å². The molecule has 1 heterocycles. The first-order chi connectivity index (χ1) is 13.7. The lowest BCUT2D eigenvalue weighted by molar-refractivity contribution is -0.205. The number of thioether (sulfide) groups is 1. The van der Waals surface area contributed by atoms with Gasteiger partial charge in [-0.1, -0.05) is 16.9 Å². The van der Waals surface area contributed by atoms with Crippen LogP contribution >= 0.6 is 11.8 Å². The van der Waals surface area contributed by atoms with Crippen molar-refractivity contribution in [2.24, 2.45) is 5.16 Å². The summed E-state index contributed by atoms with van der Waals surface area (Å²) in [6.07, 6.45) is -5.76. The van der Waals surface area contributed by atoms with Crippen LogP contribution in [0.1, 0.15) is 25.7 Å². The second-order valence-electron chi connectivity index (χ2n) is 6.77. The van der Waals surface area contributed by atoms with E-state index in [2.05, 4.69) is 9.44 Å². The van der Waals surface area contributed by atoms with Crippen LogP contribution in [0, 0.1) is 0 Å². The largest absolute Gasteiger partial charge is 0.466 e. The molecule has 6 atom stereocenters. The van der Waals surface area contributed by atoms with Crippen LogP contribution in [0.25, 0.3) is 0 Å². The van der Waals surface area contributed by atoms with Gasteiger partial charge in [-0.25, -0.2) is 12.7 Å². The molecule has 6 N–H and O–H groups in total. The van der Waals surface area contributed by atoms with Gasteiger partial charge in [0.05, 0.1) is 12.7 Å². The van der Waals surface area contributed by atoms with Gasteiger partial charge in [-0.3, -0.25) is 4.55 Å². The summed E-state index contributed by atoms with van der Waals surface area (Å²) in [5.41, 5.74) is -1.29. The predicted molar refractivity (Wildman–Crippen MR) is 106 cm³/mol. The summed E-state index contributed by atoms with van der Waals surface area (Å²) in [6.45, 7) is -0.672. The Bertz CT molecular complexity index is 769. The van der Waals surface area contributed by atoms with E-state index in [0.29, 0.717) is 11.8 Å². The fourth-order valence-electron chi connectivity index (χ4n) is 2.53. The molecule has 1 aliphatic heterocycles. The molecule has 1 rings (SSSR count). The van der Waals surface area contributed by atoms with Crippen LogP contribution in [0.3, 0.4) is 0 Å². The maximum atomic E-state index is 11.1. The first-order valence-electron chi connectivity index (χ1n) is 8.79. The number of sulfone groups is 1. The number of ether oxygens (including phenoxy) is 1. The molecular formula is C14H27NO12S3. The van der Waals surface area contributed by atoms with Gasteiger partial charge in [0.15, 0.2) is 0 Å². The molecule has 0 unspecified atom stereocenters. The summed E-state index contributed by atoms with van der Waals surface area (Å²) < 4.78 is 61.7. The number of hydrogen-bond donors (Lipinski definition) is 6. The van der Waals surface area contributed by atoms with Crippen molar-refractivity contribution in [2.75, 3.05) is 18.6 Å². The Balaban J connectivity index is 2.78. The molecular weight excluding hydrogens is 470 g/mol. The highest BCUT2D eigenvalue weighted by atomic mass is 32.3. The summed E-state index contributed by atoms with van der Waals surface area (Å²) >= 11 is 0.597. The number of rotatable bonds is 11. The van der Waals surface area contributed by atoms with Crippen molar-refractivity contribution in [3.63, 3.8) is 0 Å². The van der Waals surface area contributed by atoms with E-state index in [0.717, 1.165) is 6.26 Å². The molecule has 0 spiro atoms. The molecule has 1 fully saturated rings. The van der Waals surface area contributed by atoms with Gasteiger partial charge in [0.1, 0.15) is 44.7 Å². The minimum Gasteiger partial charge on any atom is -0.394 e. The van der Waals surface area contributed by atoms with Crippen LogP contribution < -0.4 is 0 Å². The second-order valence-corrected chi connectivity index (χ2v) is 11.2. The smallest absolute Gasteiger partial charge is 0.394 e. The molecule has 178 valence electrons. The van der Waals surface area contributed by atoms with Gasteiger partial charge in [0, 0.05) is 18.4 Å². The number of aliphatic hydroxyl groups is 5. The molecule has 30 heavy (non-hydrogen) atoms. The zero-order chi connectivity index (χ0) is 23.1. The maximum absolute atomic E-state index is 11.1. The van der Waals surface area contributed by atoms with Crippen molar-refractivity contribution in [2.45, 2.75) is 61.6 Å². The molecule has 0 aromatic heterocycles. The van der Waals surface area contributed by atoms with E-state index in [1.807, 2.05) is 0 Å². The van der Waals surface area contributed by atoms with Crippen molar-refractivity contribution in [3.05, 3.63) is 0 Å². The highest BCUT2D eigenvalue weighted by Crippen LogP contribution is 2.30. The van der Waals surface area contributed by atoms with Gasteiger partial charge in [-0.05, 0) is 19.3 Å². The molecule has 0 radical (unpaired) electrons. The number of nitrogens with zero attached hydrogens (tertiary/aromatic N) is 1. The monoisotopic (exact) mass is 497 g/mol. The Kier molecular flexibility index (Phi) is 10.9. The highest BCUT2D eigenvalue weighted by Gasteiger charge is 2.44. The Hall–Kier alpha value is -0.560. The summed E-state index contributed by atoms with van der Waals surface area (Å²) in [4.78, 5) is 0. The molecule has 1 aliphatic rings. The molecule has 0 aliphatic carbocycles. The van der Waals surface area contributed by atoms with Gasteiger partial charge in [0.25, 0.3) is 0 Å². The molecule has 0 aromatic carbocycles. The lowest BCUT2D eigenvalue weighted by Crippen LogP contribution is -2.57. The summed E-state index contributed by atoms with van der Waals surface area (Å²) in [5, 5.41) is 52.0. The zero-order valence-corrected chi connectivity index (χ0v) is 18.5. The van der Waals surface area contributed by atoms with E-state index in [-0.39, 0.29) is 36.5 Å². The number of aliphatic hydroxyl groups excluding tert-OH is 5. The Morgan fingerprint density at radius 3 is 2.30 bits per heavy atom. The van der Waals surface area contributed by atoms with Crippen LogP contribution in [0.4, 0.5) is 0 Å². The third-order valence-corrected chi connectivity index (χ3v) is 6.54. The average Bonchev–Trinajstić information content (AvgIpc) is 2.62. The summed E-state index contributed by atoms with van der Waals surface area (Å²) in [7, 11) is -8.12. The van der Waals surface area contributed by atoms with Gasteiger partial charge in [-0.15, -0.1) is 0 Å².